The Bertz CT molecular complexity index is 196. The SMILES string of the molecule is CCCCCCCCCC/C=C1\SCC1C. The Morgan fingerprint density at radius 3 is 2.19 bits per heavy atom. The number of thioether (sulfide) groups is 1. The highest BCUT2D eigenvalue weighted by molar-refractivity contribution is 8.04. The predicted octanol–water partition coefficient (Wildman–Crippen LogP) is 5.78. The number of hydrogen-bond acceptors (Lipinski definition) is 1. The molecule has 1 aliphatic rings. The highest BCUT2D eigenvalue weighted by Crippen LogP contribution is 2.38. The third kappa shape index (κ3) is 5.98. The maximum atomic E-state index is 2.48. The molecule has 16 heavy (non-hydrogen) atoms. The van der Waals surface area contributed by atoms with Gasteiger partial charge in [-0.15, -0.1) is 11.8 Å². The van der Waals surface area contributed by atoms with Crippen molar-refractivity contribution in [3.8, 4) is 0 Å². The Balaban J connectivity index is 1.80. The maximum Gasteiger partial charge on any atom is 0.00480 e. The lowest BCUT2D eigenvalue weighted by molar-refractivity contribution is 0.577. The van der Waals surface area contributed by atoms with Crippen LogP contribution in [0.1, 0.15) is 71.6 Å². The molecule has 0 radical (unpaired) electrons. The van der Waals surface area contributed by atoms with E-state index in [-0.39, 0.29) is 0 Å². The lowest BCUT2D eigenvalue weighted by Crippen LogP contribution is -2.10. The van der Waals surface area contributed by atoms with Crippen LogP contribution in [0.3, 0.4) is 0 Å². The van der Waals surface area contributed by atoms with Crippen LogP contribution in [0.5, 0.6) is 0 Å². The first-order valence-electron chi connectivity index (χ1n) is 7.17. The van der Waals surface area contributed by atoms with Crippen molar-refractivity contribution in [1.29, 1.82) is 0 Å². The third-order valence-corrected chi connectivity index (χ3v) is 4.96. The Kier molecular flexibility index (Phi) is 8.10. The molecule has 1 heterocycles. The monoisotopic (exact) mass is 240 g/mol. The van der Waals surface area contributed by atoms with Crippen molar-refractivity contribution < 1.29 is 0 Å². The van der Waals surface area contributed by atoms with Crippen molar-refractivity contribution in [2.75, 3.05) is 5.75 Å². The fourth-order valence-corrected chi connectivity index (χ4v) is 3.06. The molecule has 0 nitrogen and oxygen atoms in total. The molecule has 0 bridgehead atoms. The largest absolute Gasteiger partial charge is 0.130 e. The fraction of sp³-hybridized carbons (Fsp3) is 0.867. The molecule has 0 spiro atoms. The van der Waals surface area contributed by atoms with E-state index in [1.165, 1.54) is 63.5 Å². The van der Waals surface area contributed by atoms with Crippen LogP contribution < -0.4 is 0 Å². The van der Waals surface area contributed by atoms with Crippen LogP contribution in [-0.2, 0) is 0 Å². The summed E-state index contributed by atoms with van der Waals surface area (Å²) in [5.41, 5.74) is 0. The van der Waals surface area contributed by atoms with Gasteiger partial charge in [0.25, 0.3) is 0 Å². The Labute approximate surface area is 106 Å². The summed E-state index contributed by atoms with van der Waals surface area (Å²) in [6.45, 7) is 4.63. The van der Waals surface area contributed by atoms with Crippen LogP contribution in [0.25, 0.3) is 0 Å². The normalized spacial score (nSPS) is 22.4. The standard InChI is InChI=1S/C15H28S/c1-3-4-5-6-7-8-9-10-11-12-15-14(2)13-16-15/h12,14H,3-11,13H2,1-2H3/b15-12-. The van der Waals surface area contributed by atoms with Gasteiger partial charge in [0, 0.05) is 5.75 Å². The van der Waals surface area contributed by atoms with Crippen LogP contribution in [0.2, 0.25) is 0 Å². The lowest BCUT2D eigenvalue weighted by atomic mass is 10.1. The van der Waals surface area contributed by atoms with Gasteiger partial charge in [-0.1, -0.05) is 64.9 Å². The van der Waals surface area contributed by atoms with E-state index in [9.17, 15) is 0 Å². The van der Waals surface area contributed by atoms with Gasteiger partial charge in [-0.05, 0) is 23.7 Å². The Hall–Kier alpha value is 0.0900. The summed E-state index contributed by atoms with van der Waals surface area (Å²) in [6, 6.07) is 0. The molecule has 0 aliphatic carbocycles. The molecule has 0 aromatic rings. The maximum absolute atomic E-state index is 2.48. The average Bonchev–Trinajstić information content (AvgIpc) is 2.29. The molecular formula is C15H28S. The predicted molar refractivity (Wildman–Crippen MR) is 76.9 cm³/mol. The van der Waals surface area contributed by atoms with E-state index in [2.05, 4.69) is 31.7 Å². The van der Waals surface area contributed by atoms with Gasteiger partial charge in [0.15, 0.2) is 0 Å². The zero-order valence-corrected chi connectivity index (χ0v) is 12.0. The molecule has 0 saturated carbocycles. The average molecular weight is 240 g/mol. The van der Waals surface area contributed by atoms with E-state index < -0.39 is 0 Å². The molecule has 0 amide bonds. The summed E-state index contributed by atoms with van der Waals surface area (Å²) in [6.07, 6.45) is 15.3. The highest BCUT2D eigenvalue weighted by Gasteiger charge is 2.18. The summed E-state index contributed by atoms with van der Waals surface area (Å²) in [5.74, 6) is 2.22. The number of rotatable bonds is 9. The van der Waals surface area contributed by atoms with Gasteiger partial charge >= 0.3 is 0 Å². The lowest BCUT2D eigenvalue weighted by Gasteiger charge is -2.25. The molecule has 1 heteroatoms. The number of allylic oxidation sites excluding steroid dienone is 2. The highest BCUT2D eigenvalue weighted by atomic mass is 32.2. The van der Waals surface area contributed by atoms with Crippen LogP contribution in [0, 0.1) is 5.92 Å². The summed E-state index contributed by atoms with van der Waals surface area (Å²) in [7, 11) is 0. The van der Waals surface area contributed by atoms with Gasteiger partial charge in [-0.3, -0.25) is 0 Å². The zero-order chi connectivity index (χ0) is 11.6. The first-order valence-corrected chi connectivity index (χ1v) is 8.16. The summed E-state index contributed by atoms with van der Waals surface area (Å²) in [5, 5.41) is 0. The summed E-state index contributed by atoms with van der Waals surface area (Å²) >= 11 is 2.05. The van der Waals surface area contributed by atoms with Crippen molar-refractivity contribution in [3.05, 3.63) is 11.0 Å². The van der Waals surface area contributed by atoms with Crippen molar-refractivity contribution in [3.63, 3.8) is 0 Å². The van der Waals surface area contributed by atoms with Gasteiger partial charge in [-0.25, -0.2) is 0 Å². The second-order valence-corrected chi connectivity index (χ2v) is 6.18. The summed E-state index contributed by atoms with van der Waals surface area (Å²) in [4.78, 5) is 1.66. The Morgan fingerprint density at radius 1 is 1.06 bits per heavy atom. The van der Waals surface area contributed by atoms with E-state index >= 15 is 0 Å². The minimum Gasteiger partial charge on any atom is -0.130 e. The van der Waals surface area contributed by atoms with Gasteiger partial charge in [0.2, 0.25) is 0 Å². The molecule has 1 unspecified atom stereocenters. The van der Waals surface area contributed by atoms with E-state index in [4.69, 9.17) is 0 Å². The first kappa shape index (κ1) is 14.2. The van der Waals surface area contributed by atoms with Gasteiger partial charge in [0.1, 0.15) is 0 Å². The van der Waals surface area contributed by atoms with Crippen molar-refractivity contribution in [1.82, 2.24) is 0 Å². The fourth-order valence-electron chi connectivity index (χ4n) is 2.13. The Morgan fingerprint density at radius 2 is 1.69 bits per heavy atom. The van der Waals surface area contributed by atoms with Crippen LogP contribution in [0.4, 0.5) is 0 Å². The molecule has 1 saturated heterocycles. The number of hydrogen-bond donors (Lipinski definition) is 0. The summed E-state index contributed by atoms with van der Waals surface area (Å²) < 4.78 is 0. The molecule has 1 fully saturated rings. The van der Waals surface area contributed by atoms with Gasteiger partial charge in [-0.2, -0.15) is 0 Å². The molecule has 94 valence electrons. The molecule has 0 N–H and O–H groups in total. The molecule has 1 rings (SSSR count). The van der Waals surface area contributed by atoms with Gasteiger partial charge in [0.05, 0.1) is 0 Å². The van der Waals surface area contributed by atoms with Crippen molar-refractivity contribution >= 4 is 11.8 Å². The van der Waals surface area contributed by atoms with Crippen molar-refractivity contribution in [2.24, 2.45) is 5.92 Å². The number of unbranched alkanes of at least 4 members (excludes halogenated alkanes) is 8. The van der Waals surface area contributed by atoms with Crippen LogP contribution in [0.15, 0.2) is 11.0 Å². The molecule has 0 aromatic carbocycles. The minimum atomic E-state index is 0.874. The molecule has 0 aromatic heterocycles. The molecule has 1 atom stereocenters. The third-order valence-electron chi connectivity index (χ3n) is 3.39. The molecule has 1 aliphatic heterocycles. The first-order chi connectivity index (χ1) is 7.84. The van der Waals surface area contributed by atoms with Crippen molar-refractivity contribution in [2.45, 2.75) is 71.6 Å². The van der Waals surface area contributed by atoms with Gasteiger partial charge < -0.3 is 0 Å². The van der Waals surface area contributed by atoms with E-state index in [1.807, 2.05) is 0 Å². The minimum absolute atomic E-state index is 0.874. The van der Waals surface area contributed by atoms with Crippen LogP contribution >= 0.6 is 11.8 Å². The smallest absolute Gasteiger partial charge is 0.00480 e. The molecular weight excluding hydrogens is 212 g/mol. The van der Waals surface area contributed by atoms with E-state index in [0.717, 1.165) is 5.92 Å². The zero-order valence-electron chi connectivity index (χ0n) is 11.1. The van der Waals surface area contributed by atoms with E-state index in [0.29, 0.717) is 0 Å². The van der Waals surface area contributed by atoms with Crippen LogP contribution in [-0.4, -0.2) is 5.75 Å². The second kappa shape index (κ2) is 9.15. The second-order valence-electron chi connectivity index (χ2n) is 5.08. The quantitative estimate of drug-likeness (QED) is 0.460. The van der Waals surface area contributed by atoms with E-state index in [1.54, 1.807) is 4.91 Å². The topological polar surface area (TPSA) is 0 Å².